The third-order valence-electron chi connectivity index (χ3n) is 3.47. The number of rotatable bonds is 2. The summed E-state index contributed by atoms with van der Waals surface area (Å²) in [5.74, 6) is 4.35. The van der Waals surface area contributed by atoms with Crippen molar-refractivity contribution in [2.24, 2.45) is 5.41 Å². The average Bonchev–Trinajstić information content (AvgIpc) is 2.20. The summed E-state index contributed by atoms with van der Waals surface area (Å²) in [6, 6.07) is 1.29. The van der Waals surface area contributed by atoms with Gasteiger partial charge in [0.05, 0.1) is 0 Å². The Labute approximate surface area is 106 Å². The highest BCUT2D eigenvalue weighted by atomic mass is 32.2. The van der Waals surface area contributed by atoms with Crippen LogP contribution in [0, 0.1) is 5.41 Å². The highest BCUT2D eigenvalue weighted by Crippen LogP contribution is 2.33. The molecular formula is C12H23NOS2. The Morgan fingerprint density at radius 1 is 1.25 bits per heavy atom. The quantitative estimate of drug-likeness (QED) is 0.824. The van der Waals surface area contributed by atoms with Crippen molar-refractivity contribution in [3.8, 4) is 0 Å². The molecule has 1 atom stereocenters. The molecule has 0 radical (unpaired) electrons. The van der Waals surface area contributed by atoms with E-state index in [4.69, 9.17) is 0 Å². The minimum atomic E-state index is -0.528. The molecule has 1 N–H and O–H groups in total. The van der Waals surface area contributed by atoms with E-state index in [1.807, 2.05) is 0 Å². The molecule has 0 spiro atoms. The van der Waals surface area contributed by atoms with Crippen LogP contribution in [0.1, 0.15) is 33.1 Å². The summed E-state index contributed by atoms with van der Waals surface area (Å²) < 4.78 is 11.3. The van der Waals surface area contributed by atoms with E-state index in [0.29, 0.717) is 17.5 Å². The van der Waals surface area contributed by atoms with E-state index in [0.717, 1.165) is 24.3 Å². The minimum Gasteiger partial charge on any atom is -0.310 e. The molecular weight excluding hydrogens is 238 g/mol. The van der Waals surface area contributed by atoms with Crippen LogP contribution < -0.4 is 5.32 Å². The predicted molar refractivity (Wildman–Crippen MR) is 73.5 cm³/mol. The highest BCUT2D eigenvalue weighted by molar-refractivity contribution is 7.99. The molecule has 2 fully saturated rings. The van der Waals surface area contributed by atoms with E-state index in [2.05, 4.69) is 30.9 Å². The van der Waals surface area contributed by atoms with Gasteiger partial charge in [-0.15, -0.1) is 0 Å². The molecule has 2 nitrogen and oxygen atoms in total. The fourth-order valence-corrected chi connectivity index (χ4v) is 5.25. The van der Waals surface area contributed by atoms with Gasteiger partial charge in [-0.25, -0.2) is 0 Å². The van der Waals surface area contributed by atoms with Crippen LogP contribution >= 0.6 is 11.8 Å². The molecule has 4 heteroatoms. The first-order valence-corrected chi connectivity index (χ1v) is 8.88. The summed E-state index contributed by atoms with van der Waals surface area (Å²) in [5.41, 5.74) is 0.484. The Balaban J connectivity index is 1.78. The van der Waals surface area contributed by atoms with E-state index in [1.54, 1.807) is 0 Å². The summed E-state index contributed by atoms with van der Waals surface area (Å²) in [6.45, 7) is 4.73. The molecule has 0 aromatic carbocycles. The SMILES string of the molecule is CC1(C)CSCC(NC2CCS(=O)CC2)C1. The molecule has 1 unspecified atom stereocenters. The van der Waals surface area contributed by atoms with E-state index >= 15 is 0 Å². The second kappa shape index (κ2) is 5.40. The van der Waals surface area contributed by atoms with Crippen molar-refractivity contribution in [2.75, 3.05) is 23.0 Å². The smallest absolute Gasteiger partial charge is 0.0249 e. The fraction of sp³-hybridized carbons (Fsp3) is 1.00. The van der Waals surface area contributed by atoms with Gasteiger partial charge in [-0.2, -0.15) is 11.8 Å². The first kappa shape index (κ1) is 12.9. The first-order valence-electron chi connectivity index (χ1n) is 6.24. The van der Waals surface area contributed by atoms with E-state index < -0.39 is 10.8 Å². The summed E-state index contributed by atoms with van der Waals surface area (Å²) in [7, 11) is -0.528. The molecule has 0 aliphatic carbocycles. The van der Waals surface area contributed by atoms with Gasteiger partial charge in [0.1, 0.15) is 0 Å². The van der Waals surface area contributed by atoms with Crippen molar-refractivity contribution in [3.63, 3.8) is 0 Å². The van der Waals surface area contributed by atoms with Gasteiger partial charge in [0.15, 0.2) is 0 Å². The van der Waals surface area contributed by atoms with Crippen LogP contribution in [0.25, 0.3) is 0 Å². The van der Waals surface area contributed by atoms with Gasteiger partial charge in [0.25, 0.3) is 0 Å². The topological polar surface area (TPSA) is 29.1 Å². The maximum Gasteiger partial charge on any atom is 0.0249 e. The molecule has 2 aliphatic heterocycles. The Bertz CT molecular complexity index is 258. The molecule has 0 bridgehead atoms. The van der Waals surface area contributed by atoms with Gasteiger partial charge in [0.2, 0.25) is 0 Å². The van der Waals surface area contributed by atoms with E-state index in [-0.39, 0.29) is 0 Å². The Morgan fingerprint density at radius 3 is 2.56 bits per heavy atom. The molecule has 0 aromatic rings. The normalized spacial score (nSPS) is 39.5. The van der Waals surface area contributed by atoms with E-state index in [1.165, 1.54) is 17.9 Å². The van der Waals surface area contributed by atoms with Crippen molar-refractivity contribution < 1.29 is 4.21 Å². The molecule has 0 saturated carbocycles. The lowest BCUT2D eigenvalue weighted by Gasteiger charge is -2.37. The summed E-state index contributed by atoms with van der Waals surface area (Å²) in [5, 5.41) is 3.78. The monoisotopic (exact) mass is 261 g/mol. The molecule has 2 saturated heterocycles. The lowest BCUT2D eigenvalue weighted by atomic mass is 9.87. The van der Waals surface area contributed by atoms with Crippen molar-refractivity contribution in [3.05, 3.63) is 0 Å². The third kappa shape index (κ3) is 3.74. The zero-order valence-corrected chi connectivity index (χ0v) is 12.0. The maximum atomic E-state index is 11.3. The van der Waals surface area contributed by atoms with Gasteiger partial charge in [-0.05, 0) is 30.4 Å². The van der Waals surface area contributed by atoms with Crippen molar-refractivity contribution in [2.45, 2.75) is 45.2 Å². The van der Waals surface area contributed by atoms with Gasteiger partial charge in [-0.3, -0.25) is 4.21 Å². The van der Waals surface area contributed by atoms with Crippen molar-refractivity contribution in [1.82, 2.24) is 5.32 Å². The Kier molecular flexibility index (Phi) is 4.36. The van der Waals surface area contributed by atoms with Crippen molar-refractivity contribution in [1.29, 1.82) is 0 Å². The van der Waals surface area contributed by atoms with Gasteiger partial charge in [0, 0.05) is 40.1 Å². The zero-order valence-electron chi connectivity index (χ0n) is 10.3. The Morgan fingerprint density at radius 2 is 1.94 bits per heavy atom. The Hall–Kier alpha value is 0.460. The lowest BCUT2D eigenvalue weighted by molar-refractivity contribution is 0.294. The molecule has 94 valence electrons. The van der Waals surface area contributed by atoms with Crippen molar-refractivity contribution >= 4 is 22.6 Å². The molecule has 16 heavy (non-hydrogen) atoms. The summed E-state index contributed by atoms with van der Waals surface area (Å²) in [6.07, 6.45) is 3.50. The number of hydrogen-bond acceptors (Lipinski definition) is 3. The second-order valence-corrected chi connectivity index (χ2v) is 8.60. The standard InChI is InChI=1S/C12H23NOS2/c1-12(2)7-11(8-15-9-12)13-10-3-5-16(14)6-4-10/h10-11,13H,3-9H2,1-2H3. The molecule has 0 aromatic heterocycles. The maximum absolute atomic E-state index is 11.3. The third-order valence-corrected chi connectivity index (χ3v) is 6.48. The van der Waals surface area contributed by atoms with Gasteiger partial charge in [-0.1, -0.05) is 13.8 Å². The van der Waals surface area contributed by atoms with Crippen LogP contribution in [0.2, 0.25) is 0 Å². The van der Waals surface area contributed by atoms with Crippen LogP contribution in [0.5, 0.6) is 0 Å². The number of thioether (sulfide) groups is 1. The van der Waals surface area contributed by atoms with Crippen LogP contribution in [0.3, 0.4) is 0 Å². The number of nitrogens with one attached hydrogen (secondary N) is 1. The van der Waals surface area contributed by atoms with Crippen LogP contribution in [0.4, 0.5) is 0 Å². The van der Waals surface area contributed by atoms with Crippen LogP contribution in [-0.4, -0.2) is 39.3 Å². The van der Waals surface area contributed by atoms with Crippen LogP contribution in [-0.2, 0) is 10.8 Å². The predicted octanol–water partition coefficient (Wildman–Crippen LogP) is 2.02. The highest BCUT2D eigenvalue weighted by Gasteiger charge is 2.30. The molecule has 0 amide bonds. The number of hydrogen-bond donors (Lipinski definition) is 1. The average molecular weight is 261 g/mol. The second-order valence-electron chi connectivity index (χ2n) is 5.87. The fourth-order valence-electron chi connectivity index (χ4n) is 2.66. The minimum absolute atomic E-state index is 0.484. The van der Waals surface area contributed by atoms with Crippen LogP contribution in [0.15, 0.2) is 0 Å². The van der Waals surface area contributed by atoms with Gasteiger partial charge < -0.3 is 5.32 Å². The lowest BCUT2D eigenvalue weighted by Crippen LogP contribution is -2.47. The zero-order chi connectivity index (χ0) is 11.6. The molecule has 2 aliphatic rings. The van der Waals surface area contributed by atoms with E-state index in [9.17, 15) is 4.21 Å². The molecule has 2 heterocycles. The summed E-state index contributed by atoms with van der Waals surface area (Å²) >= 11 is 2.08. The molecule has 2 rings (SSSR count). The summed E-state index contributed by atoms with van der Waals surface area (Å²) in [4.78, 5) is 0. The first-order chi connectivity index (χ1) is 7.55. The largest absolute Gasteiger partial charge is 0.310 e. The van der Waals surface area contributed by atoms with Gasteiger partial charge >= 0.3 is 0 Å².